The van der Waals surface area contributed by atoms with Gasteiger partial charge >= 0.3 is 0 Å². The van der Waals surface area contributed by atoms with Crippen LogP contribution in [0.3, 0.4) is 0 Å². The molecule has 0 bridgehead atoms. The molecule has 0 aliphatic rings. The molecule has 2 amide bonds. The summed E-state index contributed by atoms with van der Waals surface area (Å²) in [6.45, 7) is 11.3. The number of halogens is 1. The van der Waals surface area contributed by atoms with E-state index >= 15 is 0 Å². The molecular weight excluding hydrogens is 428 g/mol. The van der Waals surface area contributed by atoms with E-state index in [1.54, 1.807) is 26.2 Å². The number of amides is 2. The van der Waals surface area contributed by atoms with Gasteiger partial charge in [0.05, 0.1) is 7.11 Å². The van der Waals surface area contributed by atoms with Crippen molar-refractivity contribution in [3.63, 3.8) is 0 Å². The lowest BCUT2D eigenvalue weighted by molar-refractivity contribution is -0.142. The largest absolute Gasteiger partial charge is 0.497 e. The minimum absolute atomic E-state index is 0.191. The molecule has 0 aliphatic carbocycles. The fourth-order valence-corrected chi connectivity index (χ4v) is 3.31. The van der Waals surface area contributed by atoms with Crippen LogP contribution in [0.15, 0.2) is 36.4 Å². The first-order valence-electron chi connectivity index (χ1n) is 10.5. The van der Waals surface area contributed by atoms with Gasteiger partial charge in [0.2, 0.25) is 5.91 Å². The second-order valence-electron chi connectivity index (χ2n) is 8.94. The molecule has 2 aromatic carbocycles. The van der Waals surface area contributed by atoms with Crippen LogP contribution in [0.25, 0.3) is 0 Å². The number of ether oxygens (including phenoxy) is 2. The summed E-state index contributed by atoms with van der Waals surface area (Å²) in [5.74, 6) is 0.774. The number of benzene rings is 2. The smallest absolute Gasteiger partial charge is 0.261 e. The van der Waals surface area contributed by atoms with Gasteiger partial charge in [-0.05, 0) is 82.5 Å². The molecule has 0 saturated carbocycles. The van der Waals surface area contributed by atoms with E-state index in [0.717, 1.165) is 22.4 Å². The highest BCUT2D eigenvalue weighted by atomic mass is 35.5. The molecule has 0 saturated heterocycles. The number of nitrogens with zero attached hydrogens (tertiary/aromatic N) is 1. The number of nitrogens with one attached hydrogen (secondary N) is 1. The van der Waals surface area contributed by atoms with Crippen LogP contribution in [-0.2, 0) is 16.1 Å². The molecule has 1 atom stereocenters. The molecule has 32 heavy (non-hydrogen) atoms. The van der Waals surface area contributed by atoms with Gasteiger partial charge in [0.1, 0.15) is 17.5 Å². The lowest BCUT2D eigenvalue weighted by Crippen LogP contribution is -2.53. The van der Waals surface area contributed by atoms with Crippen molar-refractivity contribution < 1.29 is 19.1 Å². The fourth-order valence-electron chi connectivity index (χ4n) is 3.20. The highest BCUT2D eigenvalue weighted by molar-refractivity contribution is 6.32. The summed E-state index contributed by atoms with van der Waals surface area (Å²) in [4.78, 5) is 27.5. The summed E-state index contributed by atoms with van der Waals surface area (Å²) >= 11 is 6.22. The lowest BCUT2D eigenvalue weighted by atomic mass is 10.1. The van der Waals surface area contributed by atoms with E-state index in [-0.39, 0.29) is 25.0 Å². The Morgan fingerprint density at radius 1 is 1.06 bits per heavy atom. The van der Waals surface area contributed by atoms with Crippen molar-refractivity contribution in [2.75, 3.05) is 13.7 Å². The second-order valence-corrected chi connectivity index (χ2v) is 9.32. The zero-order valence-electron chi connectivity index (χ0n) is 19.9. The predicted molar refractivity (Wildman–Crippen MR) is 127 cm³/mol. The maximum absolute atomic E-state index is 13.2. The van der Waals surface area contributed by atoms with E-state index < -0.39 is 11.6 Å². The van der Waals surface area contributed by atoms with Gasteiger partial charge in [-0.15, -0.1) is 0 Å². The summed E-state index contributed by atoms with van der Waals surface area (Å²) < 4.78 is 11.0. The van der Waals surface area contributed by atoms with Gasteiger partial charge in [0, 0.05) is 17.1 Å². The first kappa shape index (κ1) is 25.5. The predicted octanol–water partition coefficient (Wildman–Crippen LogP) is 4.68. The number of rotatable bonds is 8. The van der Waals surface area contributed by atoms with E-state index in [9.17, 15) is 9.59 Å². The van der Waals surface area contributed by atoms with Gasteiger partial charge in [-0.1, -0.05) is 23.7 Å². The third kappa shape index (κ3) is 7.16. The molecule has 0 fully saturated rings. The van der Waals surface area contributed by atoms with E-state index in [1.165, 1.54) is 4.90 Å². The zero-order valence-corrected chi connectivity index (χ0v) is 20.7. The molecular formula is C25H33ClN2O4. The van der Waals surface area contributed by atoms with Crippen molar-refractivity contribution in [2.24, 2.45) is 0 Å². The van der Waals surface area contributed by atoms with Crippen molar-refractivity contribution in [1.82, 2.24) is 10.2 Å². The summed E-state index contributed by atoms with van der Waals surface area (Å²) in [5.41, 5.74) is 2.23. The maximum Gasteiger partial charge on any atom is 0.261 e. The molecule has 0 aliphatic heterocycles. The molecule has 0 radical (unpaired) electrons. The maximum atomic E-state index is 13.2. The molecule has 174 valence electrons. The number of methoxy groups -OCH3 is 1. The Morgan fingerprint density at radius 3 is 2.12 bits per heavy atom. The summed E-state index contributed by atoms with van der Waals surface area (Å²) in [5, 5.41) is 3.62. The van der Waals surface area contributed by atoms with Gasteiger partial charge in [-0.2, -0.15) is 0 Å². The Hall–Kier alpha value is -2.73. The number of hydrogen-bond acceptors (Lipinski definition) is 4. The molecule has 1 unspecified atom stereocenters. The summed E-state index contributed by atoms with van der Waals surface area (Å²) in [6, 6.07) is 10.3. The standard InChI is InChI=1S/C25H33ClN2O4/c1-16-12-21(13-17(2)23(16)26)32-15-22(29)28(18(3)24(30)27-25(4,5)6)14-19-8-10-20(31-7)11-9-19/h8-13,18H,14-15H2,1-7H3,(H,27,30). The number of hydrogen-bond donors (Lipinski definition) is 1. The first-order valence-corrected chi connectivity index (χ1v) is 10.9. The summed E-state index contributed by atoms with van der Waals surface area (Å²) in [6.07, 6.45) is 0. The van der Waals surface area contributed by atoms with Gasteiger partial charge in [-0.3, -0.25) is 9.59 Å². The molecule has 2 aromatic rings. The molecule has 6 nitrogen and oxygen atoms in total. The molecule has 1 N–H and O–H groups in total. The quantitative estimate of drug-likeness (QED) is 0.621. The topological polar surface area (TPSA) is 67.9 Å². The van der Waals surface area contributed by atoms with Crippen molar-refractivity contribution >= 4 is 23.4 Å². The van der Waals surface area contributed by atoms with Crippen LogP contribution in [0.1, 0.15) is 44.4 Å². The SMILES string of the molecule is COc1ccc(CN(C(=O)COc2cc(C)c(Cl)c(C)c2)C(C)C(=O)NC(C)(C)C)cc1. The Kier molecular flexibility index (Phi) is 8.56. The van der Waals surface area contributed by atoms with E-state index in [4.69, 9.17) is 21.1 Å². The molecule has 0 aromatic heterocycles. The van der Waals surface area contributed by atoms with Gasteiger partial charge < -0.3 is 19.7 Å². The highest BCUT2D eigenvalue weighted by Gasteiger charge is 2.28. The molecule has 0 spiro atoms. The Labute approximate surface area is 195 Å². The summed E-state index contributed by atoms with van der Waals surface area (Å²) in [7, 11) is 1.60. The van der Waals surface area contributed by atoms with Crippen LogP contribution in [0, 0.1) is 13.8 Å². The fraction of sp³-hybridized carbons (Fsp3) is 0.440. The monoisotopic (exact) mass is 460 g/mol. The van der Waals surface area contributed by atoms with E-state index in [1.807, 2.05) is 58.9 Å². The van der Waals surface area contributed by atoms with Gasteiger partial charge in [0.15, 0.2) is 6.61 Å². The van der Waals surface area contributed by atoms with Crippen LogP contribution in [0.5, 0.6) is 11.5 Å². The van der Waals surface area contributed by atoms with Crippen LogP contribution in [0.4, 0.5) is 0 Å². The van der Waals surface area contributed by atoms with Crippen molar-refractivity contribution in [1.29, 1.82) is 0 Å². The Morgan fingerprint density at radius 2 is 1.62 bits per heavy atom. The van der Waals surface area contributed by atoms with Crippen LogP contribution in [0.2, 0.25) is 5.02 Å². The Balaban J connectivity index is 2.21. The van der Waals surface area contributed by atoms with Crippen molar-refractivity contribution in [2.45, 2.75) is 59.7 Å². The number of carbonyl (C=O) groups excluding carboxylic acids is 2. The number of carbonyl (C=O) groups is 2. The minimum Gasteiger partial charge on any atom is -0.497 e. The van der Waals surface area contributed by atoms with Gasteiger partial charge in [0.25, 0.3) is 5.91 Å². The molecule has 7 heteroatoms. The third-order valence-electron chi connectivity index (χ3n) is 4.95. The second kappa shape index (κ2) is 10.7. The minimum atomic E-state index is -0.680. The van der Waals surface area contributed by atoms with Crippen LogP contribution in [-0.4, -0.2) is 42.0 Å². The average Bonchev–Trinajstić information content (AvgIpc) is 2.72. The van der Waals surface area contributed by atoms with E-state index in [2.05, 4.69) is 5.32 Å². The zero-order chi connectivity index (χ0) is 24.1. The first-order chi connectivity index (χ1) is 14.9. The molecule has 0 heterocycles. The van der Waals surface area contributed by atoms with Crippen molar-refractivity contribution in [3.05, 3.63) is 58.1 Å². The Bertz CT molecular complexity index is 928. The van der Waals surface area contributed by atoms with Gasteiger partial charge in [-0.25, -0.2) is 0 Å². The highest BCUT2D eigenvalue weighted by Crippen LogP contribution is 2.26. The average molecular weight is 461 g/mol. The van der Waals surface area contributed by atoms with Crippen molar-refractivity contribution in [3.8, 4) is 11.5 Å². The van der Waals surface area contributed by atoms with E-state index in [0.29, 0.717) is 10.8 Å². The normalized spacial score (nSPS) is 12.1. The lowest BCUT2D eigenvalue weighted by Gasteiger charge is -2.31. The van der Waals surface area contributed by atoms with Crippen LogP contribution < -0.4 is 14.8 Å². The third-order valence-corrected chi connectivity index (χ3v) is 5.55. The van der Waals surface area contributed by atoms with Crippen LogP contribution >= 0.6 is 11.6 Å². The molecule has 2 rings (SSSR count). The number of aryl methyl sites for hydroxylation is 2.